The van der Waals surface area contributed by atoms with E-state index in [4.69, 9.17) is 4.74 Å². The summed E-state index contributed by atoms with van der Waals surface area (Å²) < 4.78 is 44.9. The summed E-state index contributed by atoms with van der Waals surface area (Å²) in [5, 5.41) is 10.9. The van der Waals surface area contributed by atoms with Crippen molar-refractivity contribution in [2.24, 2.45) is 0 Å². The van der Waals surface area contributed by atoms with Crippen molar-refractivity contribution in [2.45, 2.75) is 58.2 Å². The largest absolute Gasteiger partial charge is 0.471 e. The first-order valence-electron chi connectivity index (χ1n) is 9.62. The number of hydrogen-bond donors (Lipinski definition) is 0. The molecule has 0 bridgehead atoms. The quantitative estimate of drug-likeness (QED) is 0.0967. The molecular formula is C19H23F3N4O5. The molecule has 0 fully saturated rings. The summed E-state index contributed by atoms with van der Waals surface area (Å²) in [5.74, 6) is -3.49. The zero-order valence-electron chi connectivity index (χ0n) is 17.1. The maximum atomic E-state index is 13.4. The van der Waals surface area contributed by atoms with Crippen LogP contribution in [-0.4, -0.2) is 46.1 Å². The molecule has 0 heterocycles. The molecule has 31 heavy (non-hydrogen) atoms. The van der Waals surface area contributed by atoms with Crippen LogP contribution in [-0.2, 0) is 14.3 Å². The first kappa shape index (κ1) is 25.8. The van der Waals surface area contributed by atoms with E-state index in [0.717, 1.165) is 37.1 Å². The molecule has 1 aromatic rings. The number of nitro groups is 1. The predicted octanol–water partition coefficient (Wildman–Crippen LogP) is 4.06. The molecule has 0 saturated carbocycles. The number of nitro benzene ring substituents is 1. The highest BCUT2D eigenvalue weighted by atomic mass is 19.4. The number of nitrogens with zero attached hydrogens (tertiary/aromatic N) is 4. The standard InChI is InChI=1S/C19H23F3N4O5/c1-3-5-6-7-8-15(16(24-23)17(27)31-4-2)25(18(28)19(20,21)22)13-9-11-14(12-10-13)26(29)30/h9-12,15H,3-8H2,1-2H3. The number of esters is 1. The average Bonchev–Trinajstić information content (AvgIpc) is 2.71. The number of benzene rings is 1. The molecule has 170 valence electrons. The van der Waals surface area contributed by atoms with Crippen LogP contribution in [0.4, 0.5) is 24.5 Å². The molecule has 0 N–H and O–H groups in total. The lowest BCUT2D eigenvalue weighted by atomic mass is 10.00. The van der Waals surface area contributed by atoms with E-state index in [-0.39, 0.29) is 23.6 Å². The first-order valence-corrected chi connectivity index (χ1v) is 9.62. The molecule has 0 spiro atoms. The predicted molar refractivity (Wildman–Crippen MR) is 104 cm³/mol. The summed E-state index contributed by atoms with van der Waals surface area (Å²) in [7, 11) is 0. The number of amides is 1. The number of rotatable bonds is 11. The van der Waals surface area contributed by atoms with Crippen molar-refractivity contribution in [2.75, 3.05) is 11.5 Å². The van der Waals surface area contributed by atoms with Crippen molar-refractivity contribution in [3.8, 4) is 0 Å². The highest BCUT2D eigenvalue weighted by Crippen LogP contribution is 2.29. The van der Waals surface area contributed by atoms with Crippen LogP contribution in [0.25, 0.3) is 5.53 Å². The van der Waals surface area contributed by atoms with E-state index in [0.29, 0.717) is 12.8 Å². The molecule has 9 nitrogen and oxygen atoms in total. The Bertz CT molecular complexity index is 836. The maximum absolute atomic E-state index is 13.4. The van der Waals surface area contributed by atoms with Crippen molar-refractivity contribution in [3.05, 3.63) is 39.9 Å². The first-order chi connectivity index (χ1) is 14.6. The lowest BCUT2D eigenvalue weighted by molar-refractivity contribution is -0.384. The van der Waals surface area contributed by atoms with Crippen molar-refractivity contribution < 1.29 is 37.2 Å². The highest BCUT2D eigenvalue weighted by Gasteiger charge is 2.49. The van der Waals surface area contributed by atoms with Crippen LogP contribution < -0.4 is 4.90 Å². The number of halogens is 3. The lowest BCUT2D eigenvalue weighted by Crippen LogP contribution is -2.53. The van der Waals surface area contributed by atoms with Crippen LogP contribution >= 0.6 is 0 Å². The molecule has 1 amide bonds. The van der Waals surface area contributed by atoms with Gasteiger partial charge in [-0.1, -0.05) is 32.6 Å². The molecule has 12 heteroatoms. The molecule has 0 aliphatic carbocycles. The fourth-order valence-corrected chi connectivity index (χ4v) is 2.91. The average molecular weight is 444 g/mol. The van der Waals surface area contributed by atoms with Gasteiger partial charge in [0, 0.05) is 17.8 Å². The van der Waals surface area contributed by atoms with E-state index in [1.54, 1.807) is 0 Å². The molecule has 1 atom stereocenters. The topological polar surface area (TPSA) is 126 Å². The number of non-ortho nitro benzene ring substituents is 1. The van der Waals surface area contributed by atoms with Crippen LogP contribution in [0.15, 0.2) is 24.3 Å². The Kier molecular flexibility index (Phi) is 9.81. The minimum Gasteiger partial charge on any atom is -0.457 e. The van der Waals surface area contributed by atoms with E-state index < -0.39 is 40.4 Å². The molecule has 0 aromatic heterocycles. The van der Waals surface area contributed by atoms with Gasteiger partial charge in [-0.2, -0.15) is 18.0 Å². The van der Waals surface area contributed by atoms with Crippen molar-refractivity contribution in [1.82, 2.24) is 0 Å². The van der Waals surface area contributed by atoms with Gasteiger partial charge in [0.05, 0.1) is 11.5 Å². The second-order valence-corrected chi connectivity index (χ2v) is 6.52. The van der Waals surface area contributed by atoms with Crippen molar-refractivity contribution in [3.63, 3.8) is 0 Å². The summed E-state index contributed by atoms with van der Waals surface area (Å²) in [6, 6.07) is 2.18. The number of ether oxygens (including phenoxy) is 1. The van der Waals surface area contributed by atoms with Gasteiger partial charge in [-0.05, 0) is 25.5 Å². The Hall–Kier alpha value is -3.27. The fraction of sp³-hybridized carbons (Fsp3) is 0.526. The van der Waals surface area contributed by atoms with E-state index in [1.807, 2.05) is 6.92 Å². The smallest absolute Gasteiger partial charge is 0.457 e. The minimum atomic E-state index is -5.32. The molecule has 0 saturated heterocycles. The molecule has 0 aliphatic rings. The zero-order valence-corrected chi connectivity index (χ0v) is 17.1. The van der Waals surface area contributed by atoms with E-state index in [1.165, 1.54) is 6.92 Å². The summed E-state index contributed by atoms with van der Waals surface area (Å²) in [4.78, 5) is 37.7. The van der Waals surface area contributed by atoms with Crippen LogP contribution in [0, 0.1) is 10.1 Å². The summed E-state index contributed by atoms with van der Waals surface area (Å²) in [6.45, 7) is 3.25. The normalized spacial score (nSPS) is 11.9. The van der Waals surface area contributed by atoms with Gasteiger partial charge in [0.15, 0.2) is 0 Å². The van der Waals surface area contributed by atoms with E-state index >= 15 is 0 Å². The molecule has 0 radical (unpaired) electrons. The molecular weight excluding hydrogens is 421 g/mol. The molecule has 1 unspecified atom stereocenters. The summed E-state index contributed by atoms with van der Waals surface area (Å²) in [6.07, 6.45) is -2.93. The third kappa shape index (κ3) is 7.18. The van der Waals surface area contributed by atoms with Crippen molar-refractivity contribution in [1.29, 1.82) is 0 Å². The van der Waals surface area contributed by atoms with Gasteiger partial charge in [0.2, 0.25) is 0 Å². The Morgan fingerprint density at radius 3 is 2.26 bits per heavy atom. The van der Waals surface area contributed by atoms with Gasteiger partial charge in [-0.25, -0.2) is 4.79 Å². The Morgan fingerprint density at radius 2 is 1.81 bits per heavy atom. The lowest BCUT2D eigenvalue weighted by Gasteiger charge is -2.29. The zero-order chi connectivity index (χ0) is 23.6. The van der Waals surface area contributed by atoms with Gasteiger partial charge >= 0.3 is 23.8 Å². The maximum Gasteiger partial charge on any atom is 0.471 e. The second-order valence-electron chi connectivity index (χ2n) is 6.52. The minimum absolute atomic E-state index is 0.128. The fourth-order valence-electron chi connectivity index (χ4n) is 2.91. The van der Waals surface area contributed by atoms with E-state index in [2.05, 4.69) is 4.79 Å². The number of anilines is 1. The van der Waals surface area contributed by atoms with Crippen LogP contribution in [0.1, 0.15) is 46.0 Å². The van der Waals surface area contributed by atoms with Crippen LogP contribution in [0.3, 0.4) is 0 Å². The van der Waals surface area contributed by atoms with Crippen LogP contribution in [0.5, 0.6) is 0 Å². The van der Waals surface area contributed by atoms with Gasteiger partial charge in [-0.15, -0.1) is 0 Å². The monoisotopic (exact) mass is 444 g/mol. The number of carbonyl (C=O) groups excluding carboxylic acids is 2. The third-order valence-electron chi connectivity index (χ3n) is 4.35. The van der Waals surface area contributed by atoms with Gasteiger partial charge in [0.1, 0.15) is 6.04 Å². The van der Waals surface area contributed by atoms with Gasteiger partial charge in [0.25, 0.3) is 5.69 Å². The Morgan fingerprint density at radius 1 is 1.19 bits per heavy atom. The Balaban J connectivity index is 3.54. The van der Waals surface area contributed by atoms with Gasteiger partial charge < -0.3 is 10.3 Å². The summed E-state index contributed by atoms with van der Waals surface area (Å²) >= 11 is 0. The molecule has 1 aromatic carbocycles. The summed E-state index contributed by atoms with van der Waals surface area (Å²) in [5.41, 5.74) is 7.86. The SMILES string of the molecule is CCCCCCC(C(=[N+]=[N-])C(=O)OCC)N(C(=O)C(F)(F)F)c1ccc([N+](=O)[O-])cc1. The number of carbonyl (C=O) groups is 2. The third-order valence-corrected chi connectivity index (χ3v) is 4.35. The molecule has 0 aliphatic heterocycles. The van der Waals surface area contributed by atoms with Crippen LogP contribution in [0.2, 0.25) is 0 Å². The number of hydrogen-bond acceptors (Lipinski definition) is 5. The number of alkyl halides is 3. The molecule has 1 rings (SSSR count). The van der Waals surface area contributed by atoms with Crippen molar-refractivity contribution >= 4 is 29.0 Å². The van der Waals surface area contributed by atoms with E-state index in [9.17, 15) is 38.4 Å². The van der Waals surface area contributed by atoms with Gasteiger partial charge in [-0.3, -0.25) is 19.8 Å². The Labute approximate surface area is 176 Å². The second kappa shape index (κ2) is 11.8. The highest BCUT2D eigenvalue weighted by molar-refractivity contribution is 6.37. The number of unbranched alkanes of at least 4 members (excludes halogenated alkanes) is 3.